The zero-order valence-electron chi connectivity index (χ0n) is 10.8. The van der Waals surface area contributed by atoms with Crippen molar-refractivity contribution in [1.29, 1.82) is 0 Å². The molecule has 0 spiro atoms. The van der Waals surface area contributed by atoms with Crippen molar-refractivity contribution in [2.45, 2.75) is 22.5 Å². The van der Waals surface area contributed by atoms with Crippen LogP contribution in [0.5, 0.6) is 5.75 Å². The van der Waals surface area contributed by atoms with E-state index >= 15 is 0 Å². The summed E-state index contributed by atoms with van der Waals surface area (Å²) in [5.41, 5.74) is 0.171. The smallest absolute Gasteiger partial charge is 0.237 e. The number of amides is 2. The van der Waals surface area contributed by atoms with Gasteiger partial charge in [-0.1, -0.05) is 43.5 Å². The van der Waals surface area contributed by atoms with Crippen LogP contribution >= 0.6 is 43.5 Å². The molecule has 0 bridgehead atoms. The van der Waals surface area contributed by atoms with Crippen LogP contribution in [-0.4, -0.2) is 26.6 Å². The second kappa shape index (κ2) is 5.56. The molecule has 4 atom stereocenters. The first-order valence-electron chi connectivity index (χ1n) is 6.54. The molecule has 1 saturated heterocycles. The van der Waals surface area contributed by atoms with E-state index in [-0.39, 0.29) is 44.7 Å². The number of hydrogen-bond donors (Lipinski definition) is 1. The number of carbonyl (C=O) groups excluding carboxylic acids is 2. The van der Waals surface area contributed by atoms with E-state index in [9.17, 15) is 14.7 Å². The lowest BCUT2D eigenvalue weighted by atomic mass is 9.81. The topological polar surface area (TPSA) is 57.6 Å². The van der Waals surface area contributed by atoms with Crippen LogP contribution < -0.4 is 4.90 Å². The summed E-state index contributed by atoms with van der Waals surface area (Å²) in [7, 11) is 0. The third-order valence-electron chi connectivity index (χ3n) is 4.09. The maximum atomic E-state index is 12.6. The number of halogens is 3. The number of imide groups is 1. The Morgan fingerprint density at radius 3 is 2.14 bits per heavy atom. The average molecular weight is 438 g/mol. The molecule has 1 aromatic rings. The Bertz CT molecular complexity index is 596. The normalized spacial score (nSPS) is 32.4. The van der Waals surface area contributed by atoms with Gasteiger partial charge >= 0.3 is 0 Å². The van der Waals surface area contributed by atoms with Gasteiger partial charge in [-0.3, -0.25) is 9.59 Å². The van der Waals surface area contributed by atoms with Gasteiger partial charge in [-0.25, -0.2) is 4.90 Å². The van der Waals surface area contributed by atoms with Crippen molar-refractivity contribution in [3.05, 3.63) is 23.2 Å². The Hall–Kier alpha value is -0.590. The van der Waals surface area contributed by atoms with E-state index in [0.717, 1.165) is 4.90 Å². The molecule has 2 amide bonds. The lowest BCUT2D eigenvalue weighted by Crippen LogP contribution is -2.34. The van der Waals surface area contributed by atoms with Gasteiger partial charge in [0.25, 0.3) is 0 Å². The van der Waals surface area contributed by atoms with E-state index in [4.69, 9.17) is 11.6 Å². The quantitative estimate of drug-likeness (QED) is 0.541. The zero-order valence-corrected chi connectivity index (χ0v) is 14.7. The van der Waals surface area contributed by atoms with Crippen molar-refractivity contribution in [2.24, 2.45) is 11.8 Å². The number of anilines is 1. The fourth-order valence-electron chi connectivity index (χ4n) is 3.01. The summed E-state index contributed by atoms with van der Waals surface area (Å²) in [5.74, 6) is -1.31. The number of phenolic OH excluding ortho intramolecular Hbond substituents is 1. The zero-order chi connectivity index (χ0) is 15.3. The van der Waals surface area contributed by atoms with Gasteiger partial charge in [-0.05, 0) is 31.0 Å². The molecule has 1 aliphatic carbocycles. The van der Waals surface area contributed by atoms with Gasteiger partial charge in [0.2, 0.25) is 11.8 Å². The molecular formula is C14H12Br2ClNO3. The van der Waals surface area contributed by atoms with Crippen LogP contribution in [0.15, 0.2) is 18.2 Å². The summed E-state index contributed by atoms with van der Waals surface area (Å²) in [5, 5.41) is 10.3. The second-order valence-corrected chi connectivity index (χ2v) is 8.15. The molecule has 0 aromatic heterocycles. The Morgan fingerprint density at radius 1 is 1.10 bits per heavy atom. The molecule has 1 aromatic carbocycles. The highest BCUT2D eigenvalue weighted by atomic mass is 79.9. The predicted molar refractivity (Wildman–Crippen MR) is 87.3 cm³/mol. The monoisotopic (exact) mass is 435 g/mol. The van der Waals surface area contributed by atoms with Gasteiger partial charge in [-0.2, -0.15) is 0 Å². The predicted octanol–water partition coefficient (Wildman–Crippen LogP) is 3.47. The number of alkyl halides is 2. The maximum Gasteiger partial charge on any atom is 0.237 e. The Morgan fingerprint density at radius 2 is 1.62 bits per heavy atom. The molecule has 1 saturated carbocycles. The Kier molecular flexibility index (Phi) is 4.05. The van der Waals surface area contributed by atoms with Crippen molar-refractivity contribution in [3.63, 3.8) is 0 Å². The minimum Gasteiger partial charge on any atom is -0.506 e. The first kappa shape index (κ1) is 15.3. The van der Waals surface area contributed by atoms with Crippen molar-refractivity contribution < 1.29 is 14.7 Å². The lowest BCUT2D eigenvalue weighted by molar-refractivity contribution is -0.122. The van der Waals surface area contributed by atoms with Crippen LogP contribution in [0.1, 0.15) is 12.8 Å². The van der Waals surface area contributed by atoms with Crippen LogP contribution in [-0.2, 0) is 9.59 Å². The fraction of sp³-hybridized carbons (Fsp3) is 0.429. The second-order valence-electron chi connectivity index (χ2n) is 5.36. The van der Waals surface area contributed by atoms with E-state index < -0.39 is 0 Å². The Balaban J connectivity index is 2.00. The highest BCUT2D eigenvalue weighted by Crippen LogP contribution is 2.46. The van der Waals surface area contributed by atoms with Crippen molar-refractivity contribution in [2.75, 3.05) is 4.90 Å². The van der Waals surface area contributed by atoms with Gasteiger partial charge in [-0.15, -0.1) is 0 Å². The summed E-state index contributed by atoms with van der Waals surface area (Å²) in [6.07, 6.45) is 1.20. The first-order valence-corrected chi connectivity index (χ1v) is 8.75. The third kappa shape index (κ3) is 2.51. The Labute approximate surface area is 143 Å². The third-order valence-corrected chi connectivity index (χ3v) is 7.06. The number of fused-ring (bicyclic) bond motifs is 1. The average Bonchev–Trinajstić information content (AvgIpc) is 2.66. The maximum absolute atomic E-state index is 12.6. The van der Waals surface area contributed by atoms with E-state index in [1.54, 1.807) is 0 Å². The van der Waals surface area contributed by atoms with E-state index in [0.29, 0.717) is 17.9 Å². The minimum atomic E-state index is -0.339. The molecular weight excluding hydrogens is 425 g/mol. The SMILES string of the molecule is O=C1[C@H]2C[C@@H](Br)[C@@H](Br)C[C@@H]2C(=O)N1c1cc(Cl)ccc1O. The highest BCUT2D eigenvalue weighted by Gasteiger charge is 2.52. The number of rotatable bonds is 1. The molecule has 4 nitrogen and oxygen atoms in total. The van der Waals surface area contributed by atoms with Crippen LogP contribution in [0.2, 0.25) is 5.02 Å². The highest BCUT2D eigenvalue weighted by molar-refractivity contribution is 9.12. The van der Waals surface area contributed by atoms with E-state index in [2.05, 4.69) is 31.9 Å². The van der Waals surface area contributed by atoms with Gasteiger partial charge in [0.05, 0.1) is 17.5 Å². The van der Waals surface area contributed by atoms with Crippen molar-refractivity contribution in [3.8, 4) is 5.75 Å². The van der Waals surface area contributed by atoms with E-state index in [1.807, 2.05) is 0 Å². The van der Waals surface area contributed by atoms with Gasteiger partial charge < -0.3 is 5.11 Å². The molecule has 112 valence electrons. The summed E-state index contributed by atoms with van der Waals surface area (Å²) >= 11 is 13.0. The number of carbonyl (C=O) groups is 2. The summed E-state index contributed by atoms with van der Waals surface area (Å²) in [6.45, 7) is 0. The molecule has 0 unspecified atom stereocenters. The van der Waals surface area contributed by atoms with Crippen LogP contribution in [0.25, 0.3) is 0 Å². The molecule has 7 heteroatoms. The lowest BCUT2D eigenvalue weighted by Gasteiger charge is -2.29. The number of benzene rings is 1. The number of phenols is 1. The molecule has 3 rings (SSSR count). The summed E-state index contributed by atoms with van der Waals surface area (Å²) in [4.78, 5) is 26.6. The molecule has 2 aliphatic rings. The summed E-state index contributed by atoms with van der Waals surface area (Å²) < 4.78 is 0. The molecule has 1 heterocycles. The molecule has 0 radical (unpaired) electrons. The number of hydrogen-bond acceptors (Lipinski definition) is 3. The van der Waals surface area contributed by atoms with Gasteiger partial charge in [0.1, 0.15) is 5.75 Å². The molecule has 2 fully saturated rings. The molecule has 21 heavy (non-hydrogen) atoms. The van der Waals surface area contributed by atoms with Gasteiger partial charge in [0, 0.05) is 14.7 Å². The van der Waals surface area contributed by atoms with Crippen LogP contribution in [0, 0.1) is 11.8 Å². The van der Waals surface area contributed by atoms with Crippen LogP contribution in [0.3, 0.4) is 0 Å². The summed E-state index contributed by atoms with van der Waals surface area (Å²) in [6, 6.07) is 4.35. The van der Waals surface area contributed by atoms with Crippen molar-refractivity contribution >= 4 is 61.0 Å². The van der Waals surface area contributed by atoms with Gasteiger partial charge in [0.15, 0.2) is 0 Å². The first-order chi connectivity index (χ1) is 9.90. The van der Waals surface area contributed by atoms with E-state index in [1.165, 1.54) is 18.2 Å². The number of nitrogens with zero attached hydrogens (tertiary/aromatic N) is 1. The molecule has 1 aliphatic heterocycles. The van der Waals surface area contributed by atoms with Crippen LogP contribution in [0.4, 0.5) is 5.69 Å². The minimum absolute atomic E-state index is 0.120. The number of aromatic hydroxyl groups is 1. The molecule has 1 N–H and O–H groups in total. The standard InChI is InChI=1S/C14H12Br2ClNO3/c15-9-4-7-8(5-10(9)16)14(21)18(13(7)20)11-3-6(17)1-2-12(11)19/h1-3,7-10,19H,4-5H2/t7-,8-,9-,10+/m0/s1. The largest absolute Gasteiger partial charge is 0.506 e. The van der Waals surface area contributed by atoms with Crippen molar-refractivity contribution in [1.82, 2.24) is 0 Å². The fourth-order valence-corrected chi connectivity index (χ4v) is 4.41.